The number of hydrogen-bond donors (Lipinski definition) is 1. The fourth-order valence-electron chi connectivity index (χ4n) is 2.23. The minimum Gasteiger partial charge on any atom is -0.377 e. The zero-order valence-electron chi connectivity index (χ0n) is 9.99. The van der Waals surface area contributed by atoms with E-state index in [1.807, 2.05) is 0 Å². The molecule has 0 bridgehead atoms. The number of hydrogen-bond acceptors (Lipinski definition) is 2. The molecule has 1 fully saturated rings. The van der Waals surface area contributed by atoms with Gasteiger partial charge >= 0.3 is 0 Å². The monoisotopic (exact) mass is 219 g/mol. The number of benzene rings is 1. The van der Waals surface area contributed by atoms with E-state index in [9.17, 15) is 0 Å². The molecular formula is C14H21NO. The first-order valence-corrected chi connectivity index (χ1v) is 6.18. The normalized spacial score (nSPS) is 23.0. The minimum absolute atomic E-state index is 0.142. The molecule has 2 atom stereocenters. The van der Waals surface area contributed by atoms with Crippen LogP contribution in [0.5, 0.6) is 0 Å². The van der Waals surface area contributed by atoms with Crippen molar-refractivity contribution in [2.45, 2.75) is 44.8 Å². The van der Waals surface area contributed by atoms with Crippen LogP contribution in [0.25, 0.3) is 0 Å². The molecule has 1 aromatic rings. The van der Waals surface area contributed by atoms with Crippen molar-refractivity contribution >= 4 is 0 Å². The highest BCUT2D eigenvalue weighted by molar-refractivity contribution is 5.22. The highest BCUT2D eigenvalue weighted by Crippen LogP contribution is 2.17. The lowest BCUT2D eigenvalue weighted by molar-refractivity contribution is 0.000635. The topological polar surface area (TPSA) is 35.2 Å². The molecule has 0 aliphatic carbocycles. The standard InChI is InChI=1S/C14H21NO/c1-11-5-7-12(8-6-11)10-13(15)14-4-2-3-9-16-14/h5-8,13-14H,2-4,9-10,15H2,1H3. The van der Waals surface area contributed by atoms with Gasteiger partial charge in [-0.1, -0.05) is 29.8 Å². The molecule has 2 N–H and O–H groups in total. The maximum Gasteiger partial charge on any atom is 0.0729 e. The summed E-state index contributed by atoms with van der Waals surface area (Å²) in [4.78, 5) is 0. The summed E-state index contributed by atoms with van der Waals surface area (Å²) in [7, 11) is 0. The number of rotatable bonds is 3. The summed E-state index contributed by atoms with van der Waals surface area (Å²) in [6, 6.07) is 8.76. The highest BCUT2D eigenvalue weighted by atomic mass is 16.5. The third kappa shape index (κ3) is 3.06. The van der Waals surface area contributed by atoms with E-state index in [1.54, 1.807) is 0 Å². The van der Waals surface area contributed by atoms with E-state index < -0.39 is 0 Å². The molecule has 1 aliphatic heterocycles. The van der Waals surface area contributed by atoms with Gasteiger partial charge in [-0.15, -0.1) is 0 Å². The Labute approximate surface area is 97.8 Å². The van der Waals surface area contributed by atoms with Crippen molar-refractivity contribution in [1.82, 2.24) is 0 Å². The van der Waals surface area contributed by atoms with Crippen LogP contribution in [0.3, 0.4) is 0 Å². The van der Waals surface area contributed by atoms with Crippen molar-refractivity contribution in [2.24, 2.45) is 5.73 Å². The van der Waals surface area contributed by atoms with Crippen molar-refractivity contribution < 1.29 is 4.74 Å². The van der Waals surface area contributed by atoms with E-state index >= 15 is 0 Å². The molecule has 1 aromatic carbocycles. The van der Waals surface area contributed by atoms with Crippen molar-refractivity contribution in [3.63, 3.8) is 0 Å². The molecule has 0 aromatic heterocycles. The Morgan fingerprint density at radius 2 is 2.06 bits per heavy atom. The van der Waals surface area contributed by atoms with Gasteiger partial charge in [0.1, 0.15) is 0 Å². The van der Waals surface area contributed by atoms with Gasteiger partial charge in [0.25, 0.3) is 0 Å². The van der Waals surface area contributed by atoms with Gasteiger partial charge in [0.05, 0.1) is 6.10 Å². The molecule has 2 nitrogen and oxygen atoms in total. The quantitative estimate of drug-likeness (QED) is 0.847. The Balaban J connectivity index is 1.90. The van der Waals surface area contributed by atoms with Gasteiger partial charge in [0.2, 0.25) is 0 Å². The number of ether oxygens (including phenoxy) is 1. The number of nitrogens with two attached hydrogens (primary N) is 1. The zero-order valence-corrected chi connectivity index (χ0v) is 9.99. The van der Waals surface area contributed by atoms with Gasteiger partial charge in [0, 0.05) is 12.6 Å². The Bertz CT molecular complexity index is 314. The second-order valence-electron chi connectivity index (χ2n) is 4.76. The van der Waals surface area contributed by atoms with Crippen LogP contribution in [-0.2, 0) is 11.2 Å². The molecule has 0 spiro atoms. The predicted octanol–water partition coefficient (Wildman–Crippen LogP) is 2.43. The van der Waals surface area contributed by atoms with Crippen molar-refractivity contribution in [3.8, 4) is 0 Å². The first-order chi connectivity index (χ1) is 7.75. The maximum absolute atomic E-state index is 6.19. The summed E-state index contributed by atoms with van der Waals surface area (Å²) in [5, 5.41) is 0. The third-order valence-corrected chi connectivity index (χ3v) is 3.28. The van der Waals surface area contributed by atoms with Crippen molar-refractivity contribution in [3.05, 3.63) is 35.4 Å². The first-order valence-electron chi connectivity index (χ1n) is 6.18. The van der Waals surface area contributed by atoms with Crippen LogP contribution in [0.4, 0.5) is 0 Å². The lowest BCUT2D eigenvalue weighted by atomic mass is 9.96. The Morgan fingerprint density at radius 1 is 1.31 bits per heavy atom. The summed E-state index contributed by atoms with van der Waals surface area (Å²) in [6.45, 7) is 2.99. The summed E-state index contributed by atoms with van der Waals surface area (Å²) in [5.41, 5.74) is 8.80. The van der Waals surface area contributed by atoms with Gasteiger partial charge in [-0.05, 0) is 38.2 Å². The predicted molar refractivity (Wildman–Crippen MR) is 66.4 cm³/mol. The van der Waals surface area contributed by atoms with E-state index in [1.165, 1.54) is 24.0 Å². The van der Waals surface area contributed by atoms with E-state index in [-0.39, 0.29) is 12.1 Å². The van der Waals surface area contributed by atoms with Gasteiger partial charge in [0.15, 0.2) is 0 Å². The minimum atomic E-state index is 0.142. The van der Waals surface area contributed by atoms with Crippen molar-refractivity contribution in [2.75, 3.05) is 6.61 Å². The van der Waals surface area contributed by atoms with Gasteiger partial charge in [-0.3, -0.25) is 0 Å². The average molecular weight is 219 g/mol. The smallest absolute Gasteiger partial charge is 0.0729 e. The van der Waals surface area contributed by atoms with Crippen LogP contribution in [0.1, 0.15) is 30.4 Å². The molecule has 1 aliphatic rings. The average Bonchev–Trinajstić information content (AvgIpc) is 2.33. The third-order valence-electron chi connectivity index (χ3n) is 3.28. The first kappa shape index (κ1) is 11.6. The van der Waals surface area contributed by atoms with Crippen LogP contribution >= 0.6 is 0 Å². The molecule has 1 saturated heterocycles. The molecule has 2 unspecified atom stereocenters. The molecule has 0 amide bonds. The largest absolute Gasteiger partial charge is 0.377 e. The Kier molecular flexibility index (Phi) is 3.97. The molecule has 88 valence electrons. The SMILES string of the molecule is Cc1ccc(CC(N)C2CCCCO2)cc1. The Morgan fingerprint density at radius 3 is 2.69 bits per heavy atom. The van der Waals surface area contributed by atoms with Crippen LogP contribution in [0.2, 0.25) is 0 Å². The molecule has 0 radical (unpaired) electrons. The van der Waals surface area contributed by atoms with Crippen LogP contribution in [0.15, 0.2) is 24.3 Å². The zero-order chi connectivity index (χ0) is 11.4. The second kappa shape index (κ2) is 5.46. The number of aryl methyl sites for hydroxylation is 1. The second-order valence-corrected chi connectivity index (χ2v) is 4.76. The van der Waals surface area contributed by atoms with Crippen molar-refractivity contribution in [1.29, 1.82) is 0 Å². The van der Waals surface area contributed by atoms with E-state index in [0.29, 0.717) is 0 Å². The molecule has 0 saturated carbocycles. The summed E-state index contributed by atoms with van der Waals surface area (Å²) < 4.78 is 5.71. The lowest BCUT2D eigenvalue weighted by Gasteiger charge is -2.28. The summed E-state index contributed by atoms with van der Waals surface area (Å²) >= 11 is 0. The molecule has 2 heteroatoms. The van der Waals surface area contributed by atoms with E-state index in [0.717, 1.165) is 19.4 Å². The van der Waals surface area contributed by atoms with E-state index in [2.05, 4.69) is 31.2 Å². The Hall–Kier alpha value is -0.860. The molecule has 2 rings (SSSR count). The molecule has 1 heterocycles. The maximum atomic E-state index is 6.19. The molecule has 16 heavy (non-hydrogen) atoms. The fraction of sp³-hybridized carbons (Fsp3) is 0.571. The highest BCUT2D eigenvalue weighted by Gasteiger charge is 2.21. The summed E-state index contributed by atoms with van der Waals surface area (Å²) in [5.74, 6) is 0. The summed E-state index contributed by atoms with van der Waals surface area (Å²) in [6.07, 6.45) is 4.74. The van der Waals surface area contributed by atoms with E-state index in [4.69, 9.17) is 10.5 Å². The van der Waals surface area contributed by atoms with Crippen LogP contribution in [0, 0.1) is 6.92 Å². The fourth-order valence-corrected chi connectivity index (χ4v) is 2.23. The van der Waals surface area contributed by atoms with Crippen LogP contribution < -0.4 is 5.73 Å². The lowest BCUT2D eigenvalue weighted by Crippen LogP contribution is -2.40. The van der Waals surface area contributed by atoms with Gasteiger partial charge in [-0.25, -0.2) is 0 Å². The molecular weight excluding hydrogens is 198 g/mol. The van der Waals surface area contributed by atoms with Gasteiger partial charge < -0.3 is 10.5 Å². The van der Waals surface area contributed by atoms with Crippen LogP contribution in [-0.4, -0.2) is 18.8 Å². The van der Waals surface area contributed by atoms with Gasteiger partial charge in [-0.2, -0.15) is 0 Å².